The van der Waals surface area contributed by atoms with Crippen molar-refractivity contribution >= 4 is 56.9 Å². The summed E-state index contributed by atoms with van der Waals surface area (Å²) in [5, 5.41) is 4.75. The highest BCUT2D eigenvalue weighted by atomic mass is 35.5. The fourth-order valence-electron chi connectivity index (χ4n) is 3.93. The zero-order valence-electron chi connectivity index (χ0n) is 18.5. The summed E-state index contributed by atoms with van der Waals surface area (Å²) >= 11 is 12.2. The fraction of sp³-hybridized carbons (Fsp3) is 0.192. The van der Waals surface area contributed by atoms with Gasteiger partial charge < -0.3 is 14.6 Å². The molecule has 34 heavy (non-hydrogen) atoms. The van der Waals surface area contributed by atoms with Crippen LogP contribution < -0.4 is 10.7 Å². The number of hydrogen-bond donors (Lipinski definition) is 1. The lowest BCUT2D eigenvalue weighted by atomic mass is 10.1. The van der Waals surface area contributed by atoms with Gasteiger partial charge in [0.1, 0.15) is 6.54 Å². The van der Waals surface area contributed by atoms with Crippen LogP contribution in [0.5, 0.6) is 0 Å². The van der Waals surface area contributed by atoms with E-state index in [4.69, 9.17) is 27.9 Å². The Bertz CT molecular complexity index is 1400. The van der Waals surface area contributed by atoms with Crippen LogP contribution in [-0.4, -0.2) is 22.5 Å². The minimum atomic E-state index is -1.03. The van der Waals surface area contributed by atoms with Crippen LogP contribution in [0.3, 0.4) is 0 Å². The number of esters is 1. The SMILES string of the molecule is CC(OC(=O)Cn1c2ccccc2c(=O)c2ccccc21)C(=O)NC(C)c1ccc(Cl)cc1Cl. The molecule has 0 spiro atoms. The van der Waals surface area contributed by atoms with Gasteiger partial charge in [0.25, 0.3) is 5.91 Å². The summed E-state index contributed by atoms with van der Waals surface area (Å²) < 4.78 is 7.16. The summed E-state index contributed by atoms with van der Waals surface area (Å²) in [6, 6.07) is 18.8. The molecule has 4 rings (SSSR count). The molecule has 0 saturated carbocycles. The van der Waals surface area contributed by atoms with Crippen molar-refractivity contribution in [3.8, 4) is 0 Å². The number of pyridine rings is 1. The van der Waals surface area contributed by atoms with Gasteiger partial charge in [-0.1, -0.05) is 53.5 Å². The topological polar surface area (TPSA) is 77.4 Å². The maximum atomic E-state index is 12.9. The highest BCUT2D eigenvalue weighted by Crippen LogP contribution is 2.26. The summed E-state index contributed by atoms with van der Waals surface area (Å²) in [4.78, 5) is 38.3. The summed E-state index contributed by atoms with van der Waals surface area (Å²) in [5.74, 6) is -1.06. The number of carbonyl (C=O) groups excluding carboxylic acids is 2. The van der Waals surface area contributed by atoms with Crippen LogP contribution in [0, 0.1) is 0 Å². The second-order valence-corrected chi connectivity index (χ2v) is 8.82. The standard InChI is InChI=1S/C26H22Cl2N2O4/c1-15(18-12-11-17(27)13-21(18)28)29-26(33)16(2)34-24(31)14-30-22-9-5-3-7-19(22)25(32)20-8-4-6-10-23(20)30/h3-13,15-16H,14H2,1-2H3,(H,29,33). The number of halogens is 2. The number of benzene rings is 3. The largest absolute Gasteiger partial charge is 0.451 e. The molecule has 1 aromatic heterocycles. The number of nitrogens with zero attached hydrogens (tertiary/aromatic N) is 1. The third kappa shape index (κ3) is 4.79. The van der Waals surface area contributed by atoms with E-state index in [1.165, 1.54) is 6.92 Å². The first-order valence-electron chi connectivity index (χ1n) is 10.7. The Hall–Kier alpha value is -3.35. The van der Waals surface area contributed by atoms with Gasteiger partial charge in [-0.3, -0.25) is 14.4 Å². The summed E-state index contributed by atoms with van der Waals surface area (Å²) in [6.07, 6.45) is -1.03. The third-order valence-corrected chi connectivity index (χ3v) is 6.19. The van der Waals surface area contributed by atoms with Gasteiger partial charge in [0.05, 0.1) is 17.1 Å². The number of fused-ring (bicyclic) bond motifs is 2. The molecule has 2 unspecified atom stereocenters. The minimum absolute atomic E-state index is 0.0987. The van der Waals surface area contributed by atoms with Crippen LogP contribution >= 0.6 is 23.2 Å². The van der Waals surface area contributed by atoms with Gasteiger partial charge in [-0.05, 0) is 55.8 Å². The maximum absolute atomic E-state index is 12.9. The molecule has 6 nitrogen and oxygen atoms in total. The number of carbonyl (C=O) groups is 2. The van der Waals surface area contributed by atoms with Gasteiger partial charge in [0.15, 0.2) is 11.5 Å². The van der Waals surface area contributed by atoms with Crippen LogP contribution in [0.4, 0.5) is 0 Å². The second-order valence-electron chi connectivity index (χ2n) is 7.98. The van der Waals surface area contributed by atoms with Crippen LogP contribution in [0.1, 0.15) is 25.5 Å². The van der Waals surface area contributed by atoms with E-state index >= 15 is 0 Å². The third-order valence-electron chi connectivity index (χ3n) is 5.63. The van der Waals surface area contributed by atoms with Gasteiger partial charge >= 0.3 is 5.97 Å². The number of nitrogens with one attached hydrogen (secondary N) is 1. The van der Waals surface area contributed by atoms with Crippen molar-refractivity contribution in [1.29, 1.82) is 0 Å². The molecule has 1 amide bonds. The highest BCUT2D eigenvalue weighted by molar-refractivity contribution is 6.35. The minimum Gasteiger partial charge on any atom is -0.451 e. The van der Waals surface area contributed by atoms with Crippen LogP contribution in [-0.2, 0) is 20.9 Å². The molecule has 1 heterocycles. The smallest absolute Gasteiger partial charge is 0.326 e. The molecule has 0 bridgehead atoms. The van der Waals surface area contributed by atoms with E-state index < -0.39 is 24.0 Å². The summed E-state index contributed by atoms with van der Waals surface area (Å²) in [5.41, 5.74) is 1.83. The van der Waals surface area contributed by atoms with E-state index in [-0.39, 0.29) is 12.0 Å². The Labute approximate surface area is 206 Å². The summed E-state index contributed by atoms with van der Waals surface area (Å²) in [7, 11) is 0. The predicted octanol–water partition coefficient (Wildman–Crippen LogP) is 5.27. The normalized spacial score (nSPS) is 12.9. The molecular weight excluding hydrogens is 475 g/mol. The van der Waals surface area contributed by atoms with Crippen molar-refractivity contribution < 1.29 is 14.3 Å². The molecule has 0 radical (unpaired) electrons. The molecule has 0 aliphatic heterocycles. The molecule has 8 heteroatoms. The predicted molar refractivity (Wildman–Crippen MR) is 134 cm³/mol. The molecule has 2 atom stereocenters. The van der Waals surface area contributed by atoms with Gasteiger partial charge in [-0.15, -0.1) is 0 Å². The van der Waals surface area contributed by atoms with Crippen LogP contribution in [0.15, 0.2) is 71.5 Å². The second kappa shape index (κ2) is 9.87. The van der Waals surface area contributed by atoms with E-state index in [1.807, 2.05) is 0 Å². The first-order valence-corrected chi connectivity index (χ1v) is 11.5. The first-order chi connectivity index (χ1) is 16.3. The van der Waals surface area contributed by atoms with E-state index in [1.54, 1.807) is 78.2 Å². The number of aromatic nitrogens is 1. The monoisotopic (exact) mass is 496 g/mol. The Morgan fingerprint density at radius 2 is 1.53 bits per heavy atom. The van der Waals surface area contributed by atoms with Crippen molar-refractivity contribution in [3.05, 3.63) is 92.6 Å². The molecule has 3 aromatic carbocycles. The molecule has 1 N–H and O–H groups in total. The number of para-hydroxylation sites is 2. The van der Waals surface area contributed by atoms with Crippen molar-refractivity contribution in [3.63, 3.8) is 0 Å². The molecule has 0 aliphatic rings. The quantitative estimate of drug-likeness (QED) is 0.291. The lowest BCUT2D eigenvalue weighted by Gasteiger charge is -2.20. The van der Waals surface area contributed by atoms with Crippen molar-refractivity contribution in [2.75, 3.05) is 0 Å². The van der Waals surface area contributed by atoms with E-state index in [0.29, 0.717) is 37.4 Å². The van der Waals surface area contributed by atoms with Crippen LogP contribution in [0.2, 0.25) is 10.0 Å². The molecule has 0 aliphatic carbocycles. The van der Waals surface area contributed by atoms with Gasteiger partial charge in [0, 0.05) is 20.8 Å². The fourth-order valence-corrected chi connectivity index (χ4v) is 4.50. The number of rotatable bonds is 6. The Morgan fingerprint density at radius 3 is 2.12 bits per heavy atom. The Balaban J connectivity index is 1.52. The van der Waals surface area contributed by atoms with Crippen LogP contribution in [0.25, 0.3) is 21.8 Å². The van der Waals surface area contributed by atoms with Gasteiger partial charge in [-0.2, -0.15) is 0 Å². The Morgan fingerprint density at radius 1 is 0.941 bits per heavy atom. The van der Waals surface area contributed by atoms with E-state index in [9.17, 15) is 14.4 Å². The first kappa shape index (κ1) is 23.8. The average Bonchev–Trinajstić information content (AvgIpc) is 2.81. The average molecular weight is 497 g/mol. The number of amides is 1. The van der Waals surface area contributed by atoms with Gasteiger partial charge in [-0.25, -0.2) is 0 Å². The molecular formula is C26H22Cl2N2O4. The van der Waals surface area contributed by atoms with E-state index in [2.05, 4.69) is 5.32 Å². The lowest BCUT2D eigenvalue weighted by molar-refractivity contribution is -0.155. The Kier molecular flexibility index (Phi) is 6.91. The van der Waals surface area contributed by atoms with E-state index in [0.717, 1.165) is 0 Å². The van der Waals surface area contributed by atoms with Crippen molar-refractivity contribution in [2.45, 2.75) is 32.5 Å². The molecule has 0 saturated heterocycles. The molecule has 0 fully saturated rings. The zero-order valence-corrected chi connectivity index (χ0v) is 20.1. The zero-order chi connectivity index (χ0) is 24.4. The number of ether oxygens (including phenoxy) is 1. The molecule has 4 aromatic rings. The van der Waals surface area contributed by atoms with Gasteiger partial charge in [0.2, 0.25) is 0 Å². The maximum Gasteiger partial charge on any atom is 0.326 e. The molecule has 174 valence electrons. The highest BCUT2D eigenvalue weighted by Gasteiger charge is 2.22. The number of hydrogen-bond acceptors (Lipinski definition) is 4. The summed E-state index contributed by atoms with van der Waals surface area (Å²) in [6.45, 7) is 3.13. The van der Waals surface area contributed by atoms with Crippen molar-refractivity contribution in [2.24, 2.45) is 0 Å². The lowest BCUT2D eigenvalue weighted by Crippen LogP contribution is -2.38. The van der Waals surface area contributed by atoms with Crippen molar-refractivity contribution in [1.82, 2.24) is 9.88 Å².